The lowest BCUT2D eigenvalue weighted by Crippen LogP contribution is -2.18. The van der Waals surface area contributed by atoms with E-state index < -0.39 is 5.91 Å². The van der Waals surface area contributed by atoms with Gasteiger partial charge in [-0.2, -0.15) is 5.10 Å². The number of primary amides is 1. The third-order valence-corrected chi connectivity index (χ3v) is 7.39. The van der Waals surface area contributed by atoms with Gasteiger partial charge in [0.15, 0.2) is 0 Å². The van der Waals surface area contributed by atoms with Gasteiger partial charge in [0, 0.05) is 28.3 Å². The highest BCUT2D eigenvalue weighted by Gasteiger charge is 2.27. The molecule has 1 atom stereocenters. The predicted molar refractivity (Wildman–Crippen MR) is 141 cm³/mol. The molecule has 2 heterocycles. The maximum absolute atomic E-state index is 12.9. The van der Waals surface area contributed by atoms with Crippen LogP contribution in [0.1, 0.15) is 39.7 Å². The molecular formula is C28H26N4O2S. The molecule has 35 heavy (non-hydrogen) atoms. The summed E-state index contributed by atoms with van der Waals surface area (Å²) in [5.74, 6) is -0.250. The number of nitrogens with one attached hydrogen (secondary N) is 1. The molecule has 4 aromatic rings. The number of rotatable bonds is 6. The Kier molecular flexibility index (Phi) is 6.33. The van der Waals surface area contributed by atoms with Crippen LogP contribution in [0.5, 0.6) is 0 Å². The van der Waals surface area contributed by atoms with Crippen LogP contribution in [-0.2, 0) is 17.6 Å². The smallest absolute Gasteiger partial charge is 0.251 e. The van der Waals surface area contributed by atoms with Gasteiger partial charge in [-0.15, -0.1) is 11.3 Å². The highest BCUT2D eigenvalue weighted by molar-refractivity contribution is 7.17. The first kappa shape index (κ1) is 22.8. The van der Waals surface area contributed by atoms with Gasteiger partial charge in [0.2, 0.25) is 5.91 Å². The topological polar surface area (TPSA) is 90.0 Å². The number of nitrogens with two attached hydrogens (primary N) is 1. The minimum Gasteiger partial charge on any atom is -0.365 e. The monoisotopic (exact) mass is 482 g/mol. The number of hydrogen-bond acceptors (Lipinski definition) is 4. The third kappa shape index (κ3) is 4.81. The lowest BCUT2D eigenvalue weighted by atomic mass is 9.88. The van der Waals surface area contributed by atoms with Gasteiger partial charge in [-0.1, -0.05) is 55.5 Å². The second-order valence-electron chi connectivity index (χ2n) is 8.82. The van der Waals surface area contributed by atoms with E-state index in [4.69, 9.17) is 10.8 Å². The third-order valence-electron chi connectivity index (χ3n) is 6.22. The predicted octanol–water partition coefficient (Wildman–Crippen LogP) is 5.48. The Labute approximate surface area is 208 Å². The van der Waals surface area contributed by atoms with Crippen LogP contribution < -0.4 is 11.1 Å². The van der Waals surface area contributed by atoms with E-state index in [9.17, 15) is 9.59 Å². The van der Waals surface area contributed by atoms with Crippen molar-refractivity contribution in [1.82, 2.24) is 9.78 Å². The molecule has 0 spiro atoms. The zero-order chi connectivity index (χ0) is 24.4. The van der Waals surface area contributed by atoms with Crippen LogP contribution in [0.2, 0.25) is 0 Å². The van der Waals surface area contributed by atoms with E-state index in [2.05, 4.69) is 12.2 Å². The molecule has 2 amide bonds. The zero-order valence-electron chi connectivity index (χ0n) is 19.4. The van der Waals surface area contributed by atoms with Crippen LogP contribution in [0.25, 0.3) is 23.0 Å². The SMILES string of the molecule is C[C@H]1CCc2c(sc(NC(=O)/C=C/c3cn(-c4ccccc4)nc3-c3ccccc3)c2C(N)=O)C1. The molecule has 0 unspecified atom stereocenters. The van der Waals surface area contributed by atoms with Gasteiger partial charge < -0.3 is 11.1 Å². The van der Waals surface area contributed by atoms with Crippen LogP contribution in [-0.4, -0.2) is 21.6 Å². The molecule has 5 rings (SSSR count). The minimum absolute atomic E-state index is 0.314. The first-order valence-corrected chi connectivity index (χ1v) is 12.4. The highest BCUT2D eigenvalue weighted by atomic mass is 32.1. The van der Waals surface area contributed by atoms with Crippen molar-refractivity contribution < 1.29 is 9.59 Å². The number of hydrogen-bond donors (Lipinski definition) is 2. The van der Waals surface area contributed by atoms with Gasteiger partial charge in [-0.3, -0.25) is 9.59 Å². The quantitative estimate of drug-likeness (QED) is 0.357. The molecule has 3 N–H and O–H groups in total. The van der Waals surface area contributed by atoms with Crippen molar-refractivity contribution in [2.45, 2.75) is 26.2 Å². The summed E-state index contributed by atoms with van der Waals surface area (Å²) in [6.45, 7) is 2.20. The molecular weight excluding hydrogens is 456 g/mol. The summed E-state index contributed by atoms with van der Waals surface area (Å²) in [6, 6.07) is 19.7. The lowest BCUT2D eigenvalue weighted by Gasteiger charge is -2.18. The number of para-hydroxylation sites is 1. The highest BCUT2D eigenvalue weighted by Crippen LogP contribution is 2.39. The van der Waals surface area contributed by atoms with Crippen LogP contribution in [0.15, 0.2) is 72.9 Å². The lowest BCUT2D eigenvalue weighted by molar-refractivity contribution is -0.111. The summed E-state index contributed by atoms with van der Waals surface area (Å²) in [5, 5.41) is 8.21. The number of carbonyl (C=O) groups is 2. The molecule has 1 aliphatic rings. The van der Waals surface area contributed by atoms with E-state index in [0.717, 1.165) is 52.2 Å². The summed E-state index contributed by atoms with van der Waals surface area (Å²) in [7, 11) is 0. The van der Waals surface area contributed by atoms with Crippen molar-refractivity contribution in [2.24, 2.45) is 11.7 Å². The minimum atomic E-state index is -0.494. The van der Waals surface area contributed by atoms with Crippen molar-refractivity contribution in [3.63, 3.8) is 0 Å². The summed E-state index contributed by atoms with van der Waals surface area (Å²) in [4.78, 5) is 26.2. The number of thiophene rings is 1. The molecule has 7 heteroatoms. The normalized spacial score (nSPS) is 15.2. The molecule has 2 aromatic carbocycles. The maximum atomic E-state index is 12.9. The second-order valence-corrected chi connectivity index (χ2v) is 9.93. The van der Waals surface area contributed by atoms with Gasteiger partial charge in [0.25, 0.3) is 5.91 Å². The van der Waals surface area contributed by atoms with Crippen molar-refractivity contribution in [3.05, 3.63) is 94.5 Å². The van der Waals surface area contributed by atoms with Crippen LogP contribution in [0, 0.1) is 5.92 Å². The van der Waals surface area contributed by atoms with Gasteiger partial charge >= 0.3 is 0 Å². The standard InChI is InChI=1S/C28H26N4O2S/c1-18-12-14-22-23(16-18)35-28(25(22)27(29)34)30-24(33)15-13-20-17-32(21-10-6-3-7-11-21)31-26(20)19-8-4-2-5-9-19/h2-11,13,15,17-18H,12,14,16H2,1H3,(H2,29,34)(H,30,33)/b15-13+/t18-/m0/s1. The van der Waals surface area contributed by atoms with Crippen LogP contribution in [0.4, 0.5) is 5.00 Å². The van der Waals surface area contributed by atoms with E-state index in [1.54, 1.807) is 10.8 Å². The van der Waals surface area contributed by atoms with Crippen molar-refractivity contribution in [3.8, 4) is 16.9 Å². The fourth-order valence-electron chi connectivity index (χ4n) is 4.46. The molecule has 0 radical (unpaired) electrons. The van der Waals surface area contributed by atoms with Gasteiger partial charge in [0.05, 0.1) is 16.9 Å². The summed E-state index contributed by atoms with van der Waals surface area (Å²) < 4.78 is 1.81. The Balaban J connectivity index is 1.44. The molecule has 0 saturated heterocycles. The van der Waals surface area contributed by atoms with Crippen molar-refractivity contribution in [1.29, 1.82) is 0 Å². The Morgan fingerprint density at radius 1 is 1.11 bits per heavy atom. The maximum Gasteiger partial charge on any atom is 0.251 e. The second kappa shape index (κ2) is 9.72. The van der Waals surface area contributed by atoms with E-state index in [-0.39, 0.29) is 5.91 Å². The summed E-state index contributed by atoms with van der Waals surface area (Å²) in [5.41, 5.74) is 10.6. The van der Waals surface area contributed by atoms with Gasteiger partial charge in [-0.05, 0) is 49.0 Å². The van der Waals surface area contributed by atoms with E-state index in [1.165, 1.54) is 17.4 Å². The largest absolute Gasteiger partial charge is 0.365 e. The number of carbonyl (C=O) groups excluding carboxylic acids is 2. The molecule has 2 aromatic heterocycles. The van der Waals surface area contributed by atoms with Gasteiger partial charge in [0.1, 0.15) is 5.00 Å². The molecule has 176 valence electrons. The molecule has 0 saturated carbocycles. The summed E-state index contributed by atoms with van der Waals surface area (Å²) >= 11 is 1.46. The van der Waals surface area contributed by atoms with Gasteiger partial charge in [-0.25, -0.2) is 4.68 Å². The number of nitrogens with zero attached hydrogens (tertiary/aromatic N) is 2. The molecule has 1 aliphatic carbocycles. The molecule has 0 bridgehead atoms. The Morgan fingerprint density at radius 2 is 1.83 bits per heavy atom. The Morgan fingerprint density at radius 3 is 2.54 bits per heavy atom. The number of benzene rings is 2. The zero-order valence-corrected chi connectivity index (χ0v) is 20.2. The number of aromatic nitrogens is 2. The first-order valence-electron chi connectivity index (χ1n) is 11.6. The average Bonchev–Trinajstić information content (AvgIpc) is 3.45. The van der Waals surface area contributed by atoms with Crippen LogP contribution >= 0.6 is 11.3 Å². The average molecular weight is 483 g/mol. The summed E-state index contributed by atoms with van der Waals surface area (Å²) in [6.07, 6.45) is 7.88. The van der Waals surface area contributed by atoms with Crippen molar-refractivity contribution in [2.75, 3.05) is 5.32 Å². The number of amides is 2. The van der Waals surface area contributed by atoms with E-state index in [1.807, 2.05) is 66.9 Å². The van der Waals surface area contributed by atoms with Crippen LogP contribution in [0.3, 0.4) is 0 Å². The fourth-order valence-corrected chi connectivity index (χ4v) is 5.88. The fraction of sp³-hybridized carbons (Fsp3) is 0.179. The first-order chi connectivity index (χ1) is 17.0. The Bertz CT molecular complexity index is 1400. The molecule has 0 aliphatic heterocycles. The number of fused-ring (bicyclic) bond motifs is 1. The van der Waals surface area contributed by atoms with E-state index >= 15 is 0 Å². The number of anilines is 1. The van der Waals surface area contributed by atoms with E-state index in [0.29, 0.717) is 16.5 Å². The Hall–Kier alpha value is -3.97. The molecule has 0 fully saturated rings. The molecule has 6 nitrogen and oxygen atoms in total. The van der Waals surface area contributed by atoms with Crippen molar-refractivity contribution >= 4 is 34.2 Å².